The lowest BCUT2D eigenvalue weighted by molar-refractivity contribution is 0.0172. The Bertz CT molecular complexity index is 391. The Hall–Kier alpha value is -1.13. The summed E-state index contributed by atoms with van der Waals surface area (Å²) in [7, 11) is 3.40. The van der Waals surface area contributed by atoms with Gasteiger partial charge in [0.15, 0.2) is 0 Å². The molecule has 1 saturated carbocycles. The average Bonchev–Trinajstić information content (AvgIpc) is 2.49. The maximum absolute atomic E-state index is 6.38. The summed E-state index contributed by atoms with van der Waals surface area (Å²) in [5.41, 5.74) is 7.37. The van der Waals surface area contributed by atoms with E-state index in [1.807, 2.05) is 12.3 Å². The van der Waals surface area contributed by atoms with Crippen LogP contribution in [0.1, 0.15) is 43.7 Å². The molecule has 2 atom stereocenters. The quantitative estimate of drug-likeness (QED) is 0.888. The van der Waals surface area contributed by atoms with E-state index < -0.39 is 0 Å². The molecule has 2 N–H and O–H groups in total. The van der Waals surface area contributed by atoms with Crippen molar-refractivity contribution in [2.75, 3.05) is 14.2 Å². The van der Waals surface area contributed by atoms with Crippen molar-refractivity contribution >= 4 is 0 Å². The standard InChI is InChI=1S/C15H24N2O2/c1-18-13-8-12(9-17-10-13)14(16)15(19-2)11-6-4-3-5-7-11/h8-11,14-15H,3-7,16H2,1-2H3. The highest BCUT2D eigenvalue weighted by Crippen LogP contribution is 2.33. The highest BCUT2D eigenvalue weighted by atomic mass is 16.5. The first kappa shape index (κ1) is 14.3. The summed E-state index contributed by atoms with van der Waals surface area (Å²) >= 11 is 0. The van der Waals surface area contributed by atoms with Crippen molar-refractivity contribution in [2.45, 2.75) is 44.2 Å². The van der Waals surface area contributed by atoms with E-state index in [0.717, 1.165) is 11.3 Å². The Labute approximate surface area is 115 Å². The van der Waals surface area contributed by atoms with Crippen LogP contribution in [0.5, 0.6) is 5.75 Å². The van der Waals surface area contributed by atoms with Crippen molar-refractivity contribution in [3.05, 3.63) is 24.0 Å². The Balaban J connectivity index is 2.12. The molecule has 0 aliphatic heterocycles. The van der Waals surface area contributed by atoms with E-state index in [4.69, 9.17) is 15.2 Å². The van der Waals surface area contributed by atoms with Gasteiger partial charge in [-0.15, -0.1) is 0 Å². The predicted octanol–water partition coefficient (Wildman–Crippen LogP) is 2.69. The van der Waals surface area contributed by atoms with Gasteiger partial charge in [0.1, 0.15) is 5.75 Å². The van der Waals surface area contributed by atoms with Crippen LogP contribution in [0.25, 0.3) is 0 Å². The van der Waals surface area contributed by atoms with Crippen LogP contribution in [0.3, 0.4) is 0 Å². The monoisotopic (exact) mass is 264 g/mol. The molecule has 1 aromatic heterocycles. The molecule has 19 heavy (non-hydrogen) atoms. The number of nitrogens with zero attached hydrogens (tertiary/aromatic N) is 1. The van der Waals surface area contributed by atoms with Crippen molar-refractivity contribution in [3.8, 4) is 5.75 Å². The first-order valence-corrected chi connectivity index (χ1v) is 7.03. The fourth-order valence-electron chi connectivity index (χ4n) is 3.01. The van der Waals surface area contributed by atoms with Crippen molar-refractivity contribution < 1.29 is 9.47 Å². The molecule has 0 saturated heterocycles. The van der Waals surface area contributed by atoms with Gasteiger partial charge in [-0.3, -0.25) is 4.98 Å². The summed E-state index contributed by atoms with van der Waals surface area (Å²) in [5, 5.41) is 0. The minimum Gasteiger partial charge on any atom is -0.495 e. The lowest BCUT2D eigenvalue weighted by Gasteiger charge is -2.33. The number of hydrogen-bond donors (Lipinski definition) is 1. The SMILES string of the molecule is COc1cncc(C(N)C(OC)C2CCCCC2)c1. The molecular weight excluding hydrogens is 240 g/mol. The fraction of sp³-hybridized carbons (Fsp3) is 0.667. The summed E-state index contributed by atoms with van der Waals surface area (Å²) < 4.78 is 10.9. The molecule has 0 radical (unpaired) electrons. The van der Waals surface area contributed by atoms with Crippen LogP contribution in [-0.2, 0) is 4.74 Å². The highest BCUT2D eigenvalue weighted by molar-refractivity contribution is 5.26. The second-order valence-corrected chi connectivity index (χ2v) is 5.28. The molecule has 0 spiro atoms. The Morgan fingerprint density at radius 1 is 1.21 bits per heavy atom. The lowest BCUT2D eigenvalue weighted by atomic mass is 9.81. The molecule has 1 aliphatic rings. The molecule has 0 bridgehead atoms. The number of aromatic nitrogens is 1. The number of methoxy groups -OCH3 is 2. The molecule has 2 unspecified atom stereocenters. The van der Waals surface area contributed by atoms with Crippen LogP contribution < -0.4 is 10.5 Å². The van der Waals surface area contributed by atoms with Gasteiger partial charge >= 0.3 is 0 Å². The van der Waals surface area contributed by atoms with E-state index in [1.165, 1.54) is 32.1 Å². The van der Waals surface area contributed by atoms with Gasteiger partial charge in [-0.2, -0.15) is 0 Å². The highest BCUT2D eigenvalue weighted by Gasteiger charge is 2.29. The molecule has 0 aromatic carbocycles. The number of rotatable bonds is 5. The summed E-state index contributed by atoms with van der Waals surface area (Å²) in [5.74, 6) is 1.30. The van der Waals surface area contributed by atoms with Gasteiger partial charge in [-0.1, -0.05) is 19.3 Å². The zero-order valence-electron chi connectivity index (χ0n) is 11.8. The molecule has 4 nitrogen and oxygen atoms in total. The van der Waals surface area contributed by atoms with E-state index in [0.29, 0.717) is 5.92 Å². The number of hydrogen-bond acceptors (Lipinski definition) is 4. The molecular formula is C15H24N2O2. The minimum atomic E-state index is -0.143. The topological polar surface area (TPSA) is 57.4 Å². The van der Waals surface area contributed by atoms with Crippen LogP contribution in [0.15, 0.2) is 18.5 Å². The third kappa shape index (κ3) is 3.45. The van der Waals surface area contributed by atoms with Crippen LogP contribution in [0, 0.1) is 5.92 Å². The third-order valence-corrected chi connectivity index (χ3v) is 4.10. The third-order valence-electron chi connectivity index (χ3n) is 4.10. The van der Waals surface area contributed by atoms with Crippen LogP contribution in [-0.4, -0.2) is 25.3 Å². The van der Waals surface area contributed by atoms with E-state index in [-0.39, 0.29) is 12.1 Å². The van der Waals surface area contributed by atoms with Gasteiger partial charge in [0.05, 0.1) is 25.5 Å². The van der Waals surface area contributed by atoms with Crippen LogP contribution in [0.4, 0.5) is 0 Å². The molecule has 1 fully saturated rings. The van der Waals surface area contributed by atoms with Gasteiger partial charge in [0.25, 0.3) is 0 Å². The maximum Gasteiger partial charge on any atom is 0.137 e. The zero-order valence-corrected chi connectivity index (χ0v) is 11.8. The Morgan fingerprint density at radius 2 is 1.95 bits per heavy atom. The molecule has 0 amide bonds. The maximum atomic E-state index is 6.38. The number of ether oxygens (including phenoxy) is 2. The van der Waals surface area contributed by atoms with Crippen LogP contribution in [0.2, 0.25) is 0 Å². The van der Waals surface area contributed by atoms with Gasteiger partial charge in [0, 0.05) is 13.3 Å². The largest absolute Gasteiger partial charge is 0.495 e. The van der Waals surface area contributed by atoms with E-state index in [2.05, 4.69) is 4.98 Å². The van der Waals surface area contributed by atoms with Gasteiger partial charge in [0.2, 0.25) is 0 Å². The van der Waals surface area contributed by atoms with Crippen molar-refractivity contribution in [1.29, 1.82) is 0 Å². The normalized spacial score (nSPS) is 19.9. The molecule has 1 aliphatic carbocycles. The number of nitrogens with two attached hydrogens (primary N) is 1. The van der Waals surface area contributed by atoms with Gasteiger partial charge in [-0.25, -0.2) is 0 Å². The van der Waals surface area contributed by atoms with Crippen molar-refractivity contribution in [2.24, 2.45) is 11.7 Å². The lowest BCUT2D eigenvalue weighted by Crippen LogP contribution is -2.36. The number of pyridine rings is 1. The molecule has 2 rings (SSSR count). The summed E-state index contributed by atoms with van der Waals surface area (Å²) in [6, 6.07) is 1.81. The fourth-order valence-corrected chi connectivity index (χ4v) is 3.01. The van der Waals surface area contributed by atoms with Crippen LogP contribution >= 0.6 is 0 Å². The Kier molecular flexibility index (Phi) is 5.16. The average molecular weight is 264 g/mol. The first-order chi connectivity index (χ1) is 9.26. The summed E-state index contributed by atoms with van der Waals surface area (Å²) in [6.07, 6.45) is 9.90. The van der Waals surface area contributed by atoms with Crippen molar-refractivity contribution in [3.63, 3.8) is 0 Å². The van der Waals surface area contributed by atoms with E-state index in [9.17, 15) is 0 Å². The summed E-state index contributed by atoms with van der Waals surface area (Å²) in [4.78, 5) is 4.18. The molecule has 1 heterocycles. The molecule has 1 aromatic rings. The second-order valence-electron chi connectivity index (χ2n) is 5.28. The van der Waals surface area contributed by atoms with Gasteiger partial charge in [-0.05, 0) is 30.4 Å². The molecule has 106 valence electrons. The zero-order chi connectivity index (χ0) is 13.7. The minimum absolute atomic E-state index is 0.0641. The van der Waals surface area contributed by atoms with E-state index in [1.54, 1.807) is 20.4 Å². The smallest absolute Gasteiger partial charge is 0.137 e. The first-order valence-electron chi connectivity index (χ1n) is 7.03. The Morgan fingerprint density at radius 3 is 2.58 bits per heavy atom. The predicted molar refractivity (Wildman–Crippen MR) is 75.1 cm³/mol. The van der Waals surface area contributed by atoms with Gasteiger partial charge < -0.3 is 15.2 Å². The van der Waals surface area contributed by atoms with E-state index >= 15 is 0 Å². The molecule has 4 heteroatoms. The summed E-state index contributed by atoms with van der Waals surface area (Å²) in [6.45, 7) is 0. The second kappa shape index (κ2) is 6.87. The van der Waals surface area contributed by atoms with Crippen molar-refractivity contribution in [1.82, 2.24) is 4.98 Å².